The number of para-hydroxylation sites is 1. The average Bonchev–Trinajstić information content (AvgIpc) is 2.56. The Morgan fingerprint density at radius 2 is 1.77 bits per heavy atom. The van der Waals surface area contributed by atoms with Gasteiger partial charge in [0, 0.05) is 23.7 Å². The zero-order valence-corrected chi connectivity index (χ0v) is 13.8. The minimum Gasteiger partial charge on any atom is -0.496 e. The van der Waals surface area contributed by atoms with Gasteiger partial charge >= 0.3 is 0 Å². The Morgan fingerprint density at radius 1 is 1.09 bits per heavy atom. The summed E-state index contributed by atoms with van der Waals surface area (Å²) in [6.45, 7) is 0.916. The molecule has 0 atom stereocenters. The van der Waals surface area contributed by atoms with E-state index in [0.29, 0.717) is 18.1 Å². The van der Waals surface area contributed by atoms with Crippen LogP contribution in [0.1, 0.15) is 11.1 Å². The molecule has 0 spiro atoms. The van der Waals surface area contributed by atoms with E-state index >= 15 is 0 Å². The topological polar surface area (TPSA) is 29.5 Å². The van der Waals surface area contributed by atoms with Gasteiger partial charge in [-0.3, -0.25) is 4.79 Å². The smallest absolute Gasteiger partial charge is 0.238 e. The lowest BCUT2D eigenvalue weighted by molar-refractivity contribution is -0.129. The SMILES string of the molecule is COc1ccccc1CN(Cc1ccc(Cl)cc1)C(=O)CCl. The van der Waals surface area contributed by atoms with E-state index in [1.165, 1.54) is 0 Å². The largest absolute Gasteiger partial charge is 0.496 e. The van der Waals surface area contributed by atoms with E-state index in [9.17, 15) is 4.79 Å². The van der Waals surface area contributed by atoms with E-state index < -0.39 is 0 Å². The summed E-state index contributed by atoms with van der Waals surface area (Å²) in [5.41, 5.74) is 1.94. The molecule has 22 heavy (non-hydrogen) atoms. The Labute approximate surface area is 140 Å². The van der Waals surface area contributed by atoms with Gasteiger partial charge in [0.2, 0.25) is 5.91 Å². The van der Waals surface area contributed by atoms with E-state index in [1.54, 1.807) is 12.0 Å². The molecule has 0 unspecified atom stereocenters. The lowest BCUT2D eigenvalue weighted by Crippen LogP contribution is -2.31. The number of alkyl halides is 1. The molecule has 3 nitrogen and oxygen atoms in total. The molecule has 0 aliphatic rings. The molecule has 0 radical (unpaired) electrons. The summed E-state index contributed by atoms with van der Waals surface area (Å²) in [5.74, 6) is 0.580. The second-order valence-electron chi connectivity index (χ2n) is 4.82. The number of carbonyl (C=O) groups excluding carboxylic acids is 1. The third kappa shape index (κ3) is 4.39. The summed E-state index contributed by atoms with van der Waals surface area (Å²) >= 11 is 11.6. The van der Waals surface area contributed by atoms with Crippen LogP contribution in [-0.2, 0) is 17.9 Å². The molecule has 2 aromatic carbocycles. The van der Waals surface area contributed by atoms with E-state index in [-0.39, 0.29) is 11.8 Å². The first-order valence-electron chi connectivity index (χ1n) is 6.84. The fraction of sp³-hybridized carbons (Fsp3) is 0.235. The highest BCUT2D eigenvalue weighted by Gasteiger charge is 2.15. The molecule has 0 aliphatic heterocycles. The fourth-order valence-corrected chi connectivity index (χ4v) is 2.46. The molecule has 5 heteroatoms. The first-order chi connectivity index (χ1) is 10.6. The van der Waals surface area contributed by atoms with Gasteiger partial charge in [-0.25, -0.2) is 0 Å². The van der Waals surface area contributed by atoms with Crippen molar-refractivity contribution in [2.75, 3.05) is 13.0 Å². The van der Waals surface area contributed by atoms with Gasteiger partial charge in [-0.05, 0) is 23.8 Å². The highest BCUT2D eigenvalue weighted by molar-refractivity contribution is 6.30. The summed E-state index contributed by atoms with van der Waals surface area (Å²) in [7, 11) is 1.62. The molecule has 0 saturated carbocycles. The normalized spacial score (nSPS) is 10.3. The Morgan fingerprint density at radius 3 is 2.41 bits per heavy atom. The molecular weight excluding hydrogens is 321 g/mol. The Hall–Kier alpha value is -1.71. The van der Waals surface area contributed by atoms with Gasteiger partial charge in [0.05, 0.1) is 7.11 Å². The third-order valence-corrected chi connectivity index (χ3v) is 3.79. The number of rotatable bonds is 6. The van der Waals surface area contributed by atoms with E-state index in [2.05, 4.69) is 0 Å². The molecule has 0 fully saturated rings. The van der Waals surface area contributed by atoms with Crippen LogP contribution in [0.4, 0.5) is 0 Å². The number of hydrogen-bond donors (Lipinski definition) is 0. The number of benzene rings is 2. The Kier molecular flexibility index (Phi) is 6.10. The van der Waals surface area contributed by atoms with Crippen molar-refractivity contribution >= 4 is 29.1 Å². The highest BCUT2D eigenvalue weighted by atomic mass is 35.5. The second kappa shape index (κ2) is 8.06. The van der Waals surface area contributed by atoms with Crippen LogP contribution in [-0.4, -0.2) is 23.8 Å². The molecule has 2 aromatic rings. The van der Waals surface area contributed by atoms with Crippen LogP contribution in [0.5, 0.6) is 5.75 Å². The number of halogens is 2. The predicted octanol–water partition coefficient (Wildman–Crippen LogP) is 4.12. The predicted molar refractivity (Wildman–Crippen MR) is 89.4 cm³/mol. The molecule has 1 amide bonds. The molecule has 2 rings (SSSR count). The van der Waals surface area contributed by atoms with Crippen LogP contribution in [0.15, 0.2) is 48.5 Å². The number of carbonyl (C=O) groups is 1. The van der Waals surface area contributed by atoms with Gasteiger partial charge in [0.1, 0.15) is 11.6 Å². The molecule has 0 aliphatic carbocycles. The van der Waals surface area contributed by atoms with Gasteiger partial charge in [0.25, 0.3) is 0 Å². The summed E-state index contributed by atoms with van der Waals surface area (Å²) in [6.07, 6.45) is 0. The Bertz CT molecular complexity index is 629. The van der Waals surface area contributed by atoms with Crippen molar-refractivity contribution in [1.82, 2.24) is 4.90 Å². The van der Waals surface area contributed by atoms with Gasteiger partial charge in [-0.1, -0.05) is 41.9 Å². The first-order valence-corrected chi connectivity index (χ1v) is 7.75. The van der Waals surface area contributed by atoms with Crippen LogP contribution in [0.25, 0.3) is 0 Å². The maximum Gasteiger partial charge on any atom is 0.238 e. The van der Waals surface area contributed by atoms with Crippen LogP contribution in [0.3, 0.4) is 0 Å². The van der Waals surface area contributed by atoms with Crippen molar-refractivity contribution in [1.29, 1.82) is 0 Å². The molecule has 0 N–H and O–H groups in total. The maximum atomic E-state index is 12.1. The van der Waals surface area contributed by atoms with Crippen molar-refractivity contribution in [2.24, 2.45) is 0 Å². The van der Waals surface area contributed by atoms with Gasteiger partial charge < -0.3 is 9.64 Å². The maximum absolute atomic E-state index is 12.1. The summed E-state index contributed by atoms with van der Waals surface area (Å²) in [5, 5.41) is 0.670. The molecular formula is C17H17Cl2NO2. The van der Waals surface area contributed by atoms with Gasteiger partial charge in [0.15, 0.2) is 0 Å². The van der Waals surface area contributed by atoms with Crippen molar-refractivity contribution < 1.29 is 9.53 Å². The van der Waals surface area contributed by atoms with Gasteiger partial charge in [-0.15, -0.1) is 11.6 Å². The second-order valence-corrected chi connectivity index (χ2v) is 5.53. The molecule has 0 aromatic heterocycles. The fourth-order valence-electron chi connectivity index (χ4n) is 2.17. The number of hydrogen-bond acceptors (Lipinski definition) is 2. The Balaban J connectivity index is 2.19. The quantitative estimate of drug-likeness (QED) is 0.742. The molecule has 0 heterocycles. The van der Waals surface area contributed by atoms with Crippen LogP contribution >= 0.6 is 23.2 Å². The third-order valence-electron chi connectivity index (χ3n) is 3.31. The van der Waals surface area contributed by atoms with Crippen molar-refractivity contribution in [3.05, 3.63) is 64.7 Å². The molecule has 0 bridgehead atoms. The zero-order valence-electron chi connectivity index (χ0n) is 12.3. The minimum atomic E-state index is -0.123. The monoisotopic (exact) mass is 337 g/mol. The lowest BCUT2D eigenvalue weighted by atomic mass is 10.1. The van der Waals surface area contributed by atoms with E-state index in [1.807, 2.05) is 48.5 Å². The standard InChI is InChI=1S/C17H17Cl2NO2/c1-22-16-5-3-2-4-14(16)12-20(17(21)10-18)11-13-6-8-15(19)9-7-13/h2-9H,10-12H2,1H3. The first kappa shape index (κ1) is 16.7. The molecule has 116 valence electrons. The lowest BCUT2D eigenvalue weighted by Gasteiger charge is -2.23. The van der Waals surface area contributed by atoms with Gasteiger partial charge in [-0.2, -0.15) is 0 Å². The summed E-state index contributed by atoms with van der Waals surface area (Å²) < 4.78 is 5.34. The number of methoxy groups -OCH3 is 1. The minimum absolute atomic E-state index is 0.0528. The zero-order chi connectivity index (χ0) is 15.9. The van der Waals surface area contributed by atoms with E-state index in [0.717, 1.165) is 16.9 Å². The number of ether oxygens (including phenoxy) is 1. The van der Waals surface area contributed by atoms with Crippen molar-refractivity contribution in [2.45, 2.75) is 13.1 Å². The summed E-state index contributed by atoms with van der Waals surface area (Å²) in [4.78, 5) is 13.8. The van der Waals surface area contributed by atoms with Crippen LogP contribution < -0.4 is 4.74 Å². The average molecular weight is 338 g/mol. The van der Waals surface area contributed by atoms with Crippen molar-refractivity contribution in [3.63, 3.8) is 0 Å². The molecule has 0 saturated heterocycles. The van der Waals surface area contributed by atoms with Crippen LogP contribution in [0, 0.1) is 0 Å². The summed E-state index contributed by atoms with van der Waals surface area (Å²) in [6, 6.07) is 15.1. The number of amides is 1. The van der Waals surface area contributed by atoms with E-state index in [4.69, 9.17) is 27.9 Å². The number of nitrogens with zero attached hydrogens (tertiary/aromatic N) is 1. The van der Waals surface area contributed by atoms with Crippen LogP contribution in [0.2, 0.25) is 5.02 Å². The van der Waals surface area contributed by atoms with Crippen molar-refractivity contribution in [3.8, 4) is 5.75 Å². The highest BCUT2D eigenvalue weighted by Crippen LogP contribution is 2.21.